The Morgan fingerprint density at radius 3 is 1.78 bits per heavy atom. The van der Waals surface area contributed by atoms with E-state index in [9.17, 15) is 45.9 Å². The fourth-order valence-corrected chi connectivity index (χ4v) is 8.80. The topological polar surface area (TPSA) is 239 Å². The number of aliphatic hydroxyl groups excluding tert-OH is 1. The highest BCUT2D eigenvalue weighted by molar-refractivity contribution is 7.89. The summed E-state index contributed by atoms with van der Waals surface area (Å²) in [5, 5.41) is 22.2. The van der Waals surface area contributed by atoms with Gasteiger partial charge in [-0.15, -0.1) is 4.90 Å². The van der Waals surface area contributed by atoms with Crippen molar-refractivity contribution in [3.8, 4) is 0 Å². The van der Waals surface area contributed by atoms with Gasteiger partial charge in [-0.3, -0.25) is 14.5 Å². The average molecular weight is 792 g/mol. The van der Waals surface area contributed by atoms with E-state index < -0.39 is 88.7 Å². The Bertz CT molecular complexity index is 2370. The van der Waals surface area contributed by atoms with Gasteiger partial charge >= 0.3 is 23.9 Å². The van der Waals surface area contributed by atoms with Crippen LogP contribution in [0.3, 0.4) is 0 Å². The molecule has 0 bridgehead atoms. The molecule has 288 valence electrons. The quantitative estimate of drug-likeness (QED) is 0.115. The molecule has 2 saturated carbocycles. The number of amides is 7. The minimum absolute atomic E-state index is 0.312. The van der Waals surface area contributed by atoms with E-state index in [1.165, 1.54) is 54.6 Å². The fourth-order valence-electron chi connectivity index (χ4n) is 7.36. The fraction of sp³-hybridized carbons (Fsp3) is 0.324. The number of rotatable bonds is 8. The lowest BCUT2D eigenvalue weighted by Crippen LogP contribution is -2.60. The number of barbiturate groups is 1. The predicted molar refractivity (Wildman–Crippen MR) is 199 cm³/mol. The maximum Gasteiger partial charge on any atom is 0.509 e. The van der Waals surface area contributed by atoms with Crippen molar-refractivity contribution in [1.82, 2.24) is 4.90 Å². The highest BCUT2D eigenvalue weighted by atomic mass is 32.2. The minimum Gasteiger partial charge on any atom is -0.477 e. The van der Waals surface area contributed by atoms with Gasteiger partial charge in [-0.25, -0.2) is 41.6 Å². The van der Waals surface area contributed by atoms with Gasteiger partial charge in [0.05, 0.1) is 5.69 Å². The molecule has 1 saturated heterocycles. The number of nitrogens with two attached hydrogens (primary N) is 2. The number of urea groups is 2. The van der Waals surface area contributed by atoms with Crippen LogP contribution < -0.4 is 20.1 Å². The Balaban J connectivity index is 1.42. The summed E-state index contributed by atoms with van der Waals surface area (Å²) < 4.78 is 50.9. The van der Waals surface area contributed by atoms with Crippen LogP contribution in [0.2, 0.25) is 0 Å². The summed E-state index contributed by atoms with van der Waals surface area (Å²) in [7, 11) is -8.81. The molecule has 0 spiro atoms. The van der Waals surface area contributed by atoms with Crippen LogP contribution in [0.15, 0.2) is 99.5 Å². The number of nitrogens with zero attached hydrogens (tertiary/aromatic N) is 4. The number of aliphatic hydroxyl groups is 1. The first-order valence-electron chi connectivity index (χ1n) is 17.7. The third kappa shape index (κ3) is 7.72. The highest BCUT2D eigenvalue weighted by Crippen LogP contribution is 2.34. The molecular formula is C37H39N6O10S2+. The number of carbonyl (C=O) groups excluding carboxylic acids is 5. The van der Waals surface area contributed by atoms with Gasteiger partial charge in [0.1, 0.15) is 21.4 Å². The van der Waals surface area contributed by atoms with Crippen LogP contribution in [0.1, 0.15) is 64.2 Å². The maximum atomic E-state index is 13.9. The summed E-state index contributed by atoms with van der Waals surface area (Å²) in [5.74, 6) is -3.74. The van der Waals surface area contributed by atoms with Crippen LogP contribution in [0.4, 0.5) is 21.0 Å². The van der Waals surface area contributed by atoms with Crippen LogP contribution >= 0.6 is 0 Å². The van der Waals surface area contributed by atoms with E-state index in [0.29, 0.717) is 35.5 Å². The summed E-state index contributed by atoms with van der Waals surface area (Å²) in [5.41, 5.74) is 1.08. The predicted octanol–water partition coefficient (Wildman–Crippen LogP) is 3.64. The van der Waals surface area contributed by atoms with E-state index in [1.54, 1.807) is 0 Å². The molecule has 18 heteroatoms. The summed E-state index contributed by atoms with van der Waals surface area (Å²) in [4.78, 5) is 70.4. The van der Waals surface area contributed by atoms with Gasteiger partial charge in [-0.1, -0.05) is 67.8 Å². The molecule has 5 N–H and O–H groups in total. The van der Waals surface area contributed by atoms with Crippen molar-refractivity contribution < 1.29 is 50.5 Å². The van der Waals surface area contributed by atoms with Gasteiger partial charge < -0.3 is 5.11 Å². The molecule has 2 aromatic carbocycles. The molecule has 55 heavy (non-hydrogen) atoms. The number of hydrogen-bond acceptors (Lipinski definition) is 9. The molecule has 0 atom stereocenters. The average Bonchev–Trinajstić information content (AvgIpc) is 3.14. The lowest BCUT2D eigenvalue weighted by molar-refractivity contribution is -0.483. The number of imide groups is 3. The Labute approximate surface area is 317 Å². The minimum atomic E-state index is -4.41. The molecule has 6 rings (SSSR count). The second kappa shape index (κ2) is 15.7. The van der Waals surface area contributed by atoms with E-state index >= 15 is 0 Å². The van der Waals surface area contributed by atoms with Crippen molar-refractivity contribution in [2.24, 2.45) is 10.3 Å². The number of allylic oxidation sites excluding steroid dienone is 3. The zero-order valence-electron chi connectivity index (χ0n) is 29.5. The van der Waals surface area contributed by atoms with Crippen molar-refractivity contribution in [1.29, 1.82) is 0 Å². The second-order valence-electron chi connectivity index (χ2n) is 13.5. The first-order chi connectivity index (χ1) is 26.1. The molecule has 16 nitrogen and oxygen atoms in total. The molecule has 0 aromatic heterocycles. The number of sulfonamides is 2. The van der Waals surface area contributed by atoms with Crippen LogP contribution in [0.25, 0.3) is 0 Å². The zero-order chi connectivity index (χ0) is 39.7. The normalized spacial score (nSPS) is 20.6. The molecule has 7 amide bonds. The van der Waals surface area contributed by atoms with Crippen molar-refractivity contribution in [3.63, 3.8) is 0 Å². The lowest BCUT2D eigenvalue weighted by Gasteiger charge is -2.39. The molecule has 2 heterocycles. The van der Waals surface area contributed by atoms with E-state index in [0.717, 1.165) is 66.2 Å². The van der Waals surface area contributed by atoms with Crippen LogP contribution in [-0.4, -0.2) is 79.2 Å². The largest absolute Gasteiger partial charge is 0.509 e. The number of hydrogen-bond donors (Lipinski definition) is 3. The van der Waals surface area contributed by atoms with Crippen LogP contribution in [0.5, 0.6) is 0 Å². The second-order valence-corrected chi connectivity index (χ2v) is 16.5. The Hall–Kier alpha value is -5.52. The first kappa shape index (κ1) is 39.2. The number of carbonyl (C=O) groups is 5. The molecule has 0 unspecified atom stereocenters. The van der Waals surface area contributed by atoms with Gasteiger partial charge in [0, 0.05) is 6.04 Å². The first-order valence-corrected chi connectivity index (χ1v) is 20.8. The highest BCUT2D eigenvalue weighted by Gasteiger charge is 2.51. The summed E-state index contributed by atoms with van der Waals surface area (Å²) in [6.07, 6.45) is 11.6. The molecule has 2 aliphatic carbocycles. The SMILES string of the molecule is NS(=O)(=O)c1ccccc1N1C(=O)/C(=C\C=C\C=C=C2C(=O)N(c3ccccc3S(N)(=O)=O)C(=O)[N+](C3CCCCC3)=C2O)C(=O)N(C2CCCCC2)C1=O. The van der Waals surface area contributed by atoms with Crippen molar-refractivity contribution in [3.05, 3.63) is 89.7 Å². The monoisotopic (exact) mass is 791 g/mol. The van der Waals surface area contributed by atoms with Crippen LogP contribution in [-0.2, 0) is 34.4 Å². The van der Waals surface area contributed by atoms with E-state index in [1.807, 2.05) is 0 Å². The maximum absolute atomic E-state index is 13.9. The van der Waals surface area contributed by atoms with E-state index in [2.05, 4.69) is 5.73 Å². The Morgan fingerprint density at radius 2 is 1.22 bits per heavy atom. The third-order valence-corrected chi connectivity index (χ3v) is 11.9. The number of primary sulfonamides is 2. The Kier molecular flexibility index (Phi) is 11.2. The molecule has 2 aliphatic heterocycles. The molecular weight excluding hydrogens is 753 g/mol. The zero-order valence-corrected chi connectivity index (χ0v) is 31.2. The van der Waals surface area contributed by atoms with Gasteiger partial charge in [-0.05, 0) is 74.9 Å². The summed E-state index contributed by atoms with van der Waals surface area (Å²) in [6.45, 7) is 0. The van der Waals surface area contributed by atoms with Crippen molar-refractivity contribution >= 4 is 67.1 Å². The summed E-state index contributed by atoms with van der Waals surface area (Å²) >= 11 is 0. The van der Waals surface area contributed by atoms with E-state index in [4.69, 9.17) is 10.3 Å². The van der Waals surface area contributed by atoms with Gasteiger partial charge in [-0.2, -0.15) is 9.37 Å². The lowest BCUT2D eigenvalue weighted by atomic mass is 9.93. The van der Waals surface area contributed by atoms with Crippen LogP contribution in [0, 0.1) is 0 Å². The van der Waals surface area contributed by atoms with Gasteiger partial charge in [0.15, 0.2) is 11.3 Å². The van der Waals surface area contributed by atoms with Gasteiger partial charge in [0.25, 0.3) is 11.8 Å². The molecule has 0 radical (unpaired) electrons. The standard InChI is InChI=1S/C37H38N6O10S2/c38-54(50,51)30-22-12-10-20-28(30)42-34(46)26(32(44)40(36(42)48)24-14-4-1-5-15-24)18-8-3-9-19-27-33(45)41(25-16-6-2-7-17-25)37(49)43(35(27)47)29-21-11-13-23-31(29)55(39,52)53/h3,8-13,18,20-25H,1-2,4-7,14-17H2,(H4,38,39,50,51,52,53)/p+1/b8-3+,26-18-. The van der Waals surface area contributed by atoms with Crippen molar-refractivity contribution in [2.75, 3.05) is 9.80 Å². The number of benzene rings is 2. The van der Waals surface area contributed by atoms with E-state index in [-0.39, 0.29) is 11.4 Å². The molecule has 2 aromatic rings. The molecule has 3 fully saturated rings. The number of para-hydroxylation sites is 2. The molecule has 4 aliphatic rings. The third-order valence-electron chi connectivity index (χ3n) is 9.95. The number of anilines is 2. The smallest absolute Gasteiger partial charge is 0.477 e. The summed E-state index contributed by atoms with van der Waals surface area (Å²) in [6, 6.07) is 7.36. The Morgan fingerprint density at radius 1 is 0.691 bits per heavy atom. The van der Waals surface area contributed by atoms with Crippen molar-refractivity contribution in [2.45, 2.75) is 86.1 Å². The van der Waals surface area contributed by atoms with Gasteiger partial charge in [0.2, 0.25) is 20.0 Å².